The summed E-state index contributed by atoms with van der Waals surface area (Å²) in [7, 11) is 0. The van der Waals surface area contributed by atoms with Gasteiger partial charge >= 0.3 is 0 Å². The minimum absolute atomic E-state index is 0.237. The molecular weight excluding hydrogens is 287 g/mol. The molecule has 5 heteroatoms. The summed E-state index contributed by atoms with van der Waals surface area (Å²) in [5.74, 6) is 0.348. The zero-order chi connectivity index (χ0) is 15.2. The number of aliphatic hydroxyl groups is 1. The van der Waals surface area contributed by atoms with E-state index in [-0.39, 0.29) is 5.82 Å². The molecule has 0 aliphatic carbocycles. The number of halogens is 1. The van der Waals surface area contributed by atoms with E-state index in [4.69, 9.17) is 0 Å². The van der Waals surface area contributed by atoms with Crippen molar-refractivity contribution in [2.24, 2.45) is 0 Å². The van der Waals surface area contributed by atoms with Gasteiger partial charge in [0.1, 0.15) is 5.82 Å². The van der Waals surface area contributed by atoms with Crippen LogP contribution >= 0.6 is 11.8 Å². The normalized spacial score (nSPS) is 12.6. The lowest BCUT2D eigenvalue weighted by Gasteiger charge is -2.11. The lowest BCUT2D eigenvalue weighted by atomic mass is 10.2. The molecule has 1 N–H and O–H groups in total. The first kappa shape index (κ1) is 16.0. The van der Waals surface area contributed by atoms with E-state index in [9.17, 15) is 9.50 Å². The summed E-state index contributed by atoms with van der Waals surface area (Å²) in [6.07, 6.45) is 1.06. The van der Waals surface area contributed by atoms with Gasteiger partial charge in [-0.2, -0.15) is 5.10 Å². The highest BCUT2D eigenvalue weighted by Crippen LogP contribution is 2.20. The number of hydrogen-bond acceptors (Lipinski definition) is 3. The highest BCUT2D eigenvalue weighted by Gasteiger charge is 2.12. The van der Waals surface area contributed by atoms with Crippen molar-refractivity contribution in [1.29, 1.82) is 0 Å². The molecule has 0 radical (unpaired) electrons. The molecule has 2 aromatic rings. The van der Waals surface area contributed by atoms with Gasteiger partial charge in [-0.15, -0.1) is 11.8 Å². The van der Waals surface area contributed by atoms with Crippen molar-refractivity contribution < 1.29 is 9.50 Å². The molecule has 0 amide bonds. The summed E-state index contributed by atoms with van der Waals surface area (Å²) < 4.78 is 14.8. The molecule has 0 fully saturated rings. The van der Waals surface area contributed by atoms with Crippen molar-refractivity contribution in [3.05, 3.63) is 47.5 Å². The average molecular weight is 308 g/mol. The number of benzene rings is 1. The average Bonchev–Trinajstić information content (AvgIpc) is 2.89. The third-order valence-electron chi connectivity index (χ3n) is 3.28. The van der Waals surface area contributed by atoms with E-state index in [0.717, 1.165) is 29.2 Å². The molecule has 3 nitrogen and oxygen atoms in total. The van der Waals surface area contributed by atoms with Gasteiger partial charge in [0.2, 0.25) is 0 Å². The van der Waals surface area contributed by atoms with Crippen molar-refractivity contribution in [2.45, 2.75) is 44.2 Å². The van der Waals surface area contributed by atoms with Crippen molar-refractivity contribution >= 4 is 11.8 Å². The molecule has 21 heavy (non-hydrogen) atoms. The molecule has 0 spiro atoms. The molecule has 2 rings (SSSR count). The van der Waals surface area contributed by atoms with Crippen molar-refractivity contribution in [2.75, 3.05) is 5.75 Å². The van der Waals surface area contributed by atoms with E-state index in [0.29, 0.717) is 12.2 Å². The second-order valence-corrected chi connectivity index (χ2v) is 6.01. The van der Waals surface area contributed by atoms with Crippen LogP contribution in [0.1, 0.15) is 25.2 Å². The van der Waals surface area contributed by atoms with Crippen molar-refractivity contribution in [3.63, 3.8) is 0 Å². The van der Waals surface area contributed by atoms with Gasteiger partial charge in [-0.05, 0) is 43.7 Å². The molecule has 0 aliphatic rings. The Balaban J connectivity index is 1.90. The van der Waals surface area contributed by atoms with Crippen molar-refractivity contribution in [3.8, 4) is 0 Å². The van der Waals surface area contributed by atoms with Gasteiger partial charge < -0.3 is 5.11 Å². The Morgan fingerprint density at radius 1 is 1.29 bits per heavy atom. The van der Waals surface area contributed by atoms with Crippen LogP contribution in [-0.4, -0.2) is 26.7 Å². The Hall–Kier alpha value is -1.33. The number of nitrogens with zero attached hydrogens (tertiary/aromatic N) is 2. The highest BCUT2D eigenvalue weighted by molar-refractivity contribution is 7.99. The van der Waals surface area contributed by atoms with Crippen LogP contribution < -0.4 is 0 Å². The van der Waals surface area contributed by atoms with Gasteiger partial charge in [0.25, 0.3) is 0 Å². The van der Waals surface area contributed by atoms with Crippen LogP contribution in [0.4, 0.5) is 4.39 Å². The summed E-state index contributed by atoms with van der Waals surface area (Å²) in [5, 5.41) is 14.7. The SMILES string of the molecule is CCc1cc(CC(O)CSc2ccc(F)cc2)n(CC)n1. The largest absolute Gasteiger partial charge is 0.392 e. The Kier molecular flexibility index (Phi) is 5.82. The third kappa shape index (κ3) is 4.58. The zero-order valence-electron chi connectivity index (χ0n) is 12.4. The maximum absolute atomic E-state index is 12.8. The summed E-state index contributed by atoms with van der Waals surface area (Å²) in [4.78, 5) is 0.966. The summed E-state index contributed by atoms with van der Waals surface area (Å²) in [6.45, 7) is 4.94. The van der Waals surface area contributed by atoms with Gasteiger partial charge in [0.15, 0.2) is 0 Å². The van der Waals surface area contributed by atoms with Crippen LogP contribution in [0.15, 0.2) is 35.2 Å². The molecule has 1 atom stereocenters. The fraction of sp³-hybridized carbons (Fsp3) is 0.438. The number of thioether (sulfide) groups is 1. The monoisotopic (exact) mass is 308 g/mol. The predicted molar refractivity (Wildman–Crippen MR) is 84.1 cm³/mol. The topological polar surface area (TPSA) is 38.0 Å². The van der Waals surface area contributed by atoms with E-state index in [1.807, 2.05) is 4.68 Å². The Labute approximate surface area is 129 Å². The lowest BCUT2D eigenvalue weighted by Crippen LogP contribution is -2.16. The highest BCUT2D eigenvalue weighted by atomic mass is 32.2. The molecule has 0 aliphatic heterocycles. The zero-order valence-corrected chi connectivity index (χ0v) is 13.2. The quantitative estimate of drug-likeness (QED) is 0.798. The number of aryl methyl sites for hydroxylation is 2. The summed E-state index contributed by atoms with van der Waals surface area (Å²) in [6, 6.07) is 8.41. The molecule has 1 heterocycles. The first-order chi connectivity index (χ1) is 10.1. The van der Waals surface area contributed by atoms with Crippen LogP contribution in [0.2, 0.25) is 0 Å². The van der Waals surface area contributed by atoms with Gasteiger partial charge in [0, 0.05) is 29.3 Å². The number of aliphatic hydroxyl groups excluding tert-OH is 1. The summed E-state index contributed by atoms with van der Waals surface area (Å²) in [5.41, 5.74) is 2.13. The number of aromatic nitrogens is 2. The second kappa shape index (κ2) is 7.61. The molecular formula is C16H21FN2OS. The first-order valence-electron chi connectivity index (χ1n) is 7.24. The van der Waals surface area contributed by atoms with Gasteiger partial charge in [0.05, 0.1) is 11.8 Å². The standard InChI is InChI=1S/C16H21FN2OS/c1-3-13-9-14(19(4-2)18-13)10-15(20)11-21-16-7-5-12(17)6-8-16/h5-9,15,20H,3-4,10-11H2,1-2H3. The molecule has 1 aromatic carbocycles. The van der Waals surface area contributed by atoms with E-state index in [1.54, 1.807) is 12.1 Å². The Bertz CT molecular complexity index is 568. The van der Waals surface area contributed by atoms with Gasteiger partial charge in [-0.25, -0.2) is 4.39 Å². The van der Waals surface area contributed by atoms with Gasteiger partial charge in [-0.1, -0.05) is 6.92 Å². The fourth-order valence-electron chi connectivity index (χ4n) is 2.15. The summed E-state index contributed by atoms with van der Waals surface area (Å²) >= 11 is 1.54. The maximum atomic E-state index is 12.8. The van der Waals surface area contributed by atoms with E-state index < -0.39 is 6.10 Å². The van der Waals surface area contributed by atoms with Crippen molar-refractivity contribution in [1.82, 2.24) is 9.78 Å². The van der Waals surface area contributed by atoms with Crippen LogP contribution in [0.25, 0.3) is 0 Å². The minimum atomic E-state index is -0.438. The number of hydrogen-bond donors (Lipinski definition) is 1. The Morgan fingerprint density at radius 3 is 2.62 bits per heavy atom. The van der Waals surface area contributed by atoms with E-state index in [2.05, 4.69) is 25.0 Å². The van der Waals surface area contributed by atoms with Crippen LogP contribution in [0, 0.1) is 5.82 Å². The molecule has 0 bridgehead atoms. The van der Waals surface area contributed by atoms with Crippen LogP contribution in [0.5, 0.6) is 0 Å². The molecule has 1 aromatic heterocycles. The number of rotatable bonds is 7. The van der Waals surface area contributed by atoms with Crippen LogP contribution in [-0.2, 0) is 19.4 Å². The lowest BCUT2D eigenvalue weighted by molar-refractivity contribution is 0.197. The third-order valence-corrected chi connectivity index (χ3v) is 4.43. The molecule has 114 valence electrons. The maximum Gasteiger partial charge on any atom is 0.123 e. The Morgan fingerprint density at radius 2 is 2.00 bits per heavy atom. The molecule has 0 saturated carbocycles. The van der Waals surface area contributed by atoms with E-state index in [1.165, 1.54) is 23.9 Å². The predicted octanol–water partition coefficient (Wildman–Crippen LogP) is 3.30. The van der Waals surface area contributed by atoms with E-state index >= 15 is 0 Å². The molecule has 0 saturated heterocycles. The smallest absolute Gasteiger partial charge is 0.123 e. The van der Waals surface area contributed by atoms with Crippen LogP contribution in [0.3, 0.4) is 0 Å². The fourth-order valence-corrected chi connectivity index (χ4v) is 2.98. The minimum Gasteiger partial charge on any atom is -0.392 e. The second-order valence-electron chi connectivity index (χ2n) is 4.92. The first-order valence-corrected chi connectivity index (χ1v) is 8.23. The van der Waals surface area contributed by atoms with Gasteiger partial charge in [-0.3, -0.25) is 4.68 Å². The molecule has 1 unspecified atom stereocenters.